The number of thioether (sulfide) groups is 1. The molecule has 2 rings (SSSR count). The highest BCUT2D eigenvalue weighted by Gasteiger charge is 2.35. The number of hydrogen-bond acceptors (Lipinski definition) is 4. The van der Waals surface area contributed by atoms with Crippen LogP contribution < -0.4 is 0 Å². The molecule has 1 aromatic carbocycles. The minimum atomic E-state index is -0.159. The molecular weight excluding hydrogens is 236 g/mol. The number of benzene rings is 1. The minimum absolute atomic E-state index is 0.131. The van der Waals surface area contributed by atoms with Crippen molar-refractivity contribution in [3.63, 3.8) is 0 Å². The molecule has 0 radical (unpaired) electrons. The molecule has 3 nitrogen and oxygen atoms in total. The molecule has 4 heteroatoms. The van der Waals surface area contributed by atoms with E-state index in [1.165, 1.54) is 5.56 Å². The maximum atomic E-state index is 5.60. The molecular formula is C13H18O3S. The van der Waals surface area contributed by atoms with Crippen molar-refractivity contribution in [1.82, 2.24) is 0 Å². The molecule has 3 atom stereocenters. The molecule has 1 saturated heterocycles. The maximum absolute atomic E-state index is 5.60. The highest BCUT2D eigenvalue weighted by Crippen LogP contribution is 2.33. The molecule has 1 aromatic rings. The average Bonchev–Trinajstić information content (AvgIpc) is 2.80. The predicted molar refractivity (Wildman–Crippen MR) is 68.8 cm³/mol. The Bertz CT molecular complexity index is 331. The van der Waals surface area contributed by atoms with Gasteiger partial charge in [0.25, 0.3) is 0 Å². The zero-order valence-corrected chi connectivity index (χ0v) is 11.0. The average molecular weight is 254 g/mol. The van der Waals surface area contributed by atoms with Gasteiger partial charge in [0.05, 0.1) is 5.25 Å². The van der Waals surface area contributed by atoms with Crippen LogP contribution in [0.5, 0.6) is 0 Å². The fourth-order valence-electron chi connectivity index (χ4n) is 1.88. The molecule has 1 aliphatic heterocycles. The number of hydrogen-bond donors (Lipinski definition) is 0. The summed E-state index contributed by atoms with van der Waals surface area (Å²) >= 11 is 1.86. The zero-order valence-electron chi connectivity index (χ0n) is 10.2. The second kappa shape index (κ2) is 6.40. The standard InChI is InChI=1S/C13H18O3S/c1-14-12-8-11(13(15-2)16-12)17-9-10-6-4-3-5-7-10/h3-7,11-13H,8-9H2,1-2H3. The Morgan fingerprint density at radius 1 is 1.24 bits per heavy atom. The number of ether oxygens (including phenoxy) is 3. The van der Waals surface area contributed by atoms with Crippen molar-refractivity contribution in [3.05, 3.63) is 35.9 Å². The molecule has 0 amide bonds. The summed E-state index contributed by atoms with van der Waals surface area (Å²) in [6.07, 6.45) is 0.592. The molecule has 3 unspecified atom stereocenters. The van der Waals surface area contributed by atoms with Gasteiger partial charge >= 0.3 is 0 Å². The van der Waals surface area contributed by atoms with E-state index in [2.05, 4.69) is 24.3 Å². The Balaban J connectivity index is 1.86. The Hall–Kier alpha value is -0.550. The van der Waals surface area contributed by atoms with Gasteiger partial charge in [-0.15, -0.1) is 11.8 Å². The molecule has 1 aliphatic rings. The summed E-state index contributed by atoms with van der Waals surface area (Å²) in [6, 6.07) is 10.4. The summed E-state index contributed by atoms with van der Waals surface area (Å²) in [5.74, 6) is 0.977. The fraction of sp³-hybridized carbons (Fsp3) is 0.538. The first-order chi connectivity index (χ1) is 8.33. The first kappa shape index (κ1) is 12.9. The molecule has 0 spiro atoms. The molecule has 0 saturated carbocycles. The Morgan fingerprint density at radius 3 is 2.65 bits per heavy atom. The third kappa shape index (κ3) is 3.45. The molecule has 17 heavy (non-hydrogen) atoms. The van der Waals surface area contributed by atoms with Crippen LogP contribution in [-0.4, -0.2) is 32.0 Å². The fourth-order valence-corrected chi connectivity index (χ4v) is 3.10. The van der Waals surface area contributed by atoms with Gasteiger partial charge in [-0.1, -0.05) is 30.3 Å². The lowest BCUT2D eigenvalue weighted by Crippen LogP contribution is -2.20. The second-order valence-electron chi connectivity index (χ2n) is 3.98. The largest absolute Gasteiger partial charge is 0.356 e. The molecule has 0 bridgehead atoms. The number of rotatable bonds is 5. The van der Waals surface area contributed by atoms with Crippen LogP contribution in [-0.2, 0) is 20.0 Å². The third-order valence-electron chi connectivity index (χ3n) is 2.82. The van der Waals surface area contributed by atoms with Crippen molar-refractivity contribution < 1.29 is 14.2 Å². The first-order valence-corrected chi connectivity index (χ1v) is 6.75. The van der Waals surface area contributed by atoms with Crippen LogP contribution in [0.2, 0.25) is 0 Å². The number of methoxy groups -OCH3 is 2. The molecule has 1 fully saturated rings. The minimum Gasteiger partial charge on any atom is -0.356 e. The smallest absolute Gasteiger partial charge is 0.172 e. The predicted octanol–water partition coefficient (Wildman–Crippen LogP) is 2.65. The maximum Gasteiger partial charge on any atom is 0.172 e. The van der Waals surface area contributed by atoms with Crippen molar-refractivity contribution in [2.24, 2.45) is 0 Å². The van der Waals surface area contributed by atoms with Gasteiger partial charge in [0.2, 0.25) is 0 Å². The van der Waals surface area contributed by atoms with E-state index in [0.29, 0.717) is 5.25 Å². The van der Waals surface area contributed by atoms with Gasteiger partial charge in [0.1, 0.15) is 0 Å². The summed E-state index contributed by atoms with van der Waals surface area (Å²) in [7, 11) is 3.35. The van der Waals surface area contributed by atoms with E-state index in [9.17, 15) is 0 Å². The summed E-state index contributed by atoms with van der Waals surface area (Å²) in [6.45, 7) is 0. The van der Waals surface area contributed by atoms with Crippen molar-refractivity contribution in [3.8, 4) is 0 Å². The van der Waals surface area contributed by atoms with Gasteiger partial charge in [-0.3, -0.25) is 0 Å². The quantitative estimate of drug-likeness (QED) is 0.807. The summed E-state index contributed by atoms with van der Waals surface area (Å²) in [5, 5.41) is 0.338. The monoisotopic (exact) mass is 254 g/mol. The van der Waals surface area contributed by atoms with E-state index in [4.69, 9.17) is 14.2 Å². The van der Waals surface area contributed by atoms with E-state index >= 15 is 0 Å². The summed E-state index contributed by atoms with van der Waals surface area (Å²) < 4.78 is 16.1. The lowest BCUT2D eigenvalue weighted by molar-refractivity contribution is -0.185. The second-order valence-corrected chi connectivity index (χ2v) is 5.20. The Kier molecular flexibility index (Phi) is 4.86. The van der Waals surface area contributed by atoms with Crippen LogP contribution in [0.4, 0.5) is 0 Å². The molecule has 0 N–H and O–H groups in total. The molecule has 94 valence electrons. The highest BCUT2D eigenvalue weighted by atomic mass is 32.2. The van der Waals surface area contributed by atoms with E-state index in [1.54, 1.807) is 14.2 Å². The molecule has 1 heterocycles. The van der Waals surface area contributed by atoms with Crippen LogP contribution in [0.15, 0.2) is 30.3 Å². The van der Waals surface area contributed by atoms with E-state index < -0.39 is 0 Å². The van der Waals surface area contributed by atoms with E-state index in [1.807, 2.05) is 17.8 Å². The summed E-state index contributed by atoms with van der Waals surface area (Å²) in [5.41, 5.74) is 1.33. The van der Waals surface area contributed by atoms with Crippen molar-refractivity contribution in [1.29, 1.82) is 0 Å². The van der Waals surface area contributed by atoms with Crippen LogP contribution in [0.25, 0.3) is 0 Å². The highest BCUT2D eigenvalue weighted by molar-refractivity contribution is 7.99. The topological polar surface area (TPSA) is 27.7 Å². The van der Waals surface area contributed by atoms with Crippen LogP contribution >= 0.6 is 11.8 Å². The van der Waals surface area contributed by atoms with Crippen LogP contribution in [0, 0.1) is 0 Å². The van der Waals surface area contributed by atoms with Gasteiger partial charge in [0.15, 0.2) is 12.6 Å². The summed E-state index contributed by atoms with van der Waals surface area (Å²) in [4.78, 5) is 0. The van der Waals surface area contributed by atoms with Gasteiger partial charge in [0, 0.05) is 26.4 Å². The lowest BCUT2D eigenvalue weighted by Gasteiger charge is -2.15. The molecule has 0 aromatic heterocycles. The van der Waals surface area contributed by atoms with Gasteiger partial charge < -0.3 is 14.2 Å². The van der Waals surface area contributed by atoms with Crippen molar-refractivity contribution >= 4 is 11.8 Å². The molecule has 0 aliphatic carbocycles. The third-order valence-corrected chi connectivity index (χ3v) is 4.16. The lowest BCUT2D eigenvalue weighted by atomic mass is 10.2. The zero-order chi connectivity index (χ0) is 12.1. The Labute approximate surface area is 106 Å². The van der Waals surface area contributed by atoms with Crippen molar-refractivity contribution in [2.45, 2.75) is 30.0 Å². The SMILES string of the molecule is COC1CC(SCc2ccccc2)C(OC)O1. The van der Waals surface area contributed by atoms with Crippen LogP contribution in [0.1, 0.15) is 12.0 Å². The Morgan fingerprint density at radius 2 is 2.00 bits per heavy atom. The van der Waals surface area contributed by atoms with E-state index in [-0.39, 0.29) is 12.6 Å². The van der Waals surface area contributed by atoms with Gasteiger partial charge in [-0.25, -0.2) is 0 Å². The van der Waals surface area contributed by atoms with Crippen LogP contribution in [0.3, 0.4) is 0 Å². The normalized spacial score (nSPS) is 28.5. The van der Waals surface area contributed by atoms with E-state index in [0.717, 1.165) is 12.2 Å². The van der Waals surface area contributed by atoms with Gasteiger partial charge in [-0.05, 0) is 5.56 Å². The van der Waals surface area contributed by atoms with Gasteiger partial charge in [-0.2, -0.15) is 0 Å². The van der Waals surface area contributed by atoms with Crippen molar-refractivity contribution in [2.75, 3.05) is 14.2 Å². The first-order valence-electron chi connectivity index (χ1n) is 5.70.